The summed E-state index contributed by atoms with van der Waals surface area (Å²) in [4.78, 5) is 28.5. The summed E-state index contributed by atoms with van der Waals surface area (Å²) in [6.07, 6.45) is 3.26. The predicted molar refractivity (Wildman–Crippen MR) is 106 cm³/mol. The summed E-state index contributed by atoms with van der Waals surface area (Å²) >= 11 is 6.24. The van der Waals surface area contributed by atoms with Crippen LogP contribution in [0, 0.1) is 12.8 Å². The number of rotatable bonds is 4. The number of carbonyl (C=O) groups excluding carboxylic acids is 2. The number of benzene rings is 1. The van der Waals surface area contributed by atoms with Crippen molar-refractivity contribution in [1.82, 2.24) is 15.2 Å². The van der Waals surface area contributed by atoms with E-state index in [0.717, 1.165) is 50.1 Å². The molecule has 1 saturated heterocycles. The number of piperazine rings is 1. The second kappa shape index (κ2) is 8.46. The molecule has 0 unspecified atom stereocenters. The average molecular weight is 394 g/mol. The molecule has 8 heteroatoms. The van der Waals surface area contributed by atoms with E-state index in [9.17, 15) is 9.59 Å². The van der Waals surface area contributed by atoms with Crippen LogP contribution in [0.5, 0.6) is 0 Å². The summed E-state index contributed by atoms with van der Waals surface area (Å²) in [7, 11) is 0. The number of amides is 3. The Morgan fingerprint density at radius 1 is 1.30 bits per heavy atom. The molecule has 0 spiro atoms. The number of nitrogens with zero attached hydrogens (tertiary/aromatic N) is 2. The smallest absolute Gasteiger partial charge is 0.333 e. The quantitative estimate of drug-likeness (QED) is 0.416. The van der Waals surface area contributed by atoms with Gasteiger partial charge in [-0.05, 0) is 49.9 Å². The lowest BCUT2D eigenvalue weighted by Crippen LogP contribution is -2.55. The molecule has 0 bridgehead atoms. The van der Waals surface area contributed by atoms with Crippen molar-refractivity contribution in [2.75, 3.05) is 25.0 Å². The maximum Gasteiger partial charge on any atom is 0.333 e. The molecule has 1 heterocycles. The number of nitrogens with one attached hydrogen (secondary N) is 2. The van der Waals surface area contributed by atoms with E-state index in [0.29, 0.717) is 16.6 Å². The number of halogens is 1. The van der Waals surface area contributed by atoms with Gasteiger partial charge in [0, 0.05) is 48.8 Å². The minimum atomic E-state index is -0.483. The first kappa shape index (κ1) is 19.9. The molecule has 1 saturated carbocycles. The number of urea groups is 1. The topological polar surface area (TPSA) is 90.7 Å². The van der Waals surface area contributed by atoms with Gasteiger partial charge in [0.25, 0.3) is 0 Å². The van der Waals surface area contributed by atoms with Gasteiger partial charge in [0.05, 0.1) is 0 Å². The number of hydrogen-bond acceptors (Lipinski definition) is 4. The van der Waals surface area contributed by atoms with Crippen LogP contribution in [0.3, 0.4) is 0 Å². The van der Waals surface area contributed by atoms with Crippen LogP contribution in [0.2, 0.25) is 5.02 Å². The Kier molecular flexibility index (Phi) is 6.24. The maximum absolute atomic E-state index is 12.6. The van der Waals surface area contributed by atoms with Crippen molar-refractivity contribution < 1.29 is 9.59 Å². The lowest BCUT2D eigenvalue weighted by molar-refractivity contribution is -0.142. The second-order valence-corrected chi connectivity index (χ2v) is 8.02. The third-order valence-electron chi connectivity index (χ3n) is 5.70. The van der Waals surface area contributed by atoms with Crippen LogP contribution < -0.4 is 16.6 Å². The number of anilines is 1. The normalized spacial score (nSPS) is 20.9. The summed E-state index contributed by atoms with van der Waals surface area (Å²) in [5.74, 6) is 5.72. The summed E-state index contributed by atoms with van der Waals surface area (Å²) in [5.41, 5.74) is 4.72. The van der Waals surface area contributed by atoms with Crippen LogP contribution in [0.1, 0.15) is 37.3 Å². The fourth-order valence-corrected chi connectivity index (χ4v) is 4.06. The zero-order chi connectivity index (χ0) is 19.6. The van der Waals surface area contributed by atoms with Gasteiger partial charge in [-0.25, -0.2) is 10.6 Å². The number of hydrazine groups is 1. The van der Waals surface area contributed by atoms with E-state index in [1.54, 1.807) is 6.07 Å². The molecule has 1 atom stereocenters. The maximum atomic E-state index is 12.6. The lowest BCUT2D eigenvalue weighted by Gasteiger charge is -2.42. The van der Waals surface area contributed by atoms with Crippen LogP contribution in [-0.2, 0) is 11.3 Å². The minimum absolute atomic E-state index is 0.201. The van der Waals surface area contributed by atoms with E-state index >= 15 is 0 Å². The molecule has 1 aliphatic heterocycles. The largest absolute Gasteiger partial charge is 0.337 e. The number of nitrogens with two attached hydrogens (primary N) is 1. The third-order valence-corrected chi connectivity index (χ3v) is 5.92. The molecule has 148 valence electrons. The van der Waals surface area contributed by atoms with E-state index in [2.05, 4.69) is 22.6 Å². The Morgan fingerprint density at radius 3 is 2.63 bits per heavy atom. The Hall–Kier alpha value is -1.83. The molecule has 27 heavy (non-hydrogen) atoms. The molecule has 0 radical (unpaired) electrons. The highest BCUT2D eigenvalue weighted by atomic mass is 35.5. The standard InChI is InChI=1S/C19H28ClN5O2/c1-12-10-24(6-7-25(12)18(26)14-4-3-5-14)11-15-8-16(20)9-17(13(15)2)22-19(27)23-21/h8-9,12,14H,3-7,10-11,21H2,1-2H3,(H2,22,23,27)/t12-/m0/s1. The highest BCUT2D eigenvalue weighted by Gasteiger charge is 2.34. The van der Waals surface area contributed by atoms with Crippen molar-refractivity contribution in [3.05, 3.63) is 28.3 Å². The molecule has 3 rings (SSSR count). The highest BCUT2D eigenvalue weighted by Crippen LogP contribution is 2.30. The fourth-order valence-electron chi connectivity index (χ4n) is 3.82. The minimum Gasteiger partial charge on any atom is -0.337 e. The van der Waals surface area contributed by atoms with Crippen molar-refractivity contribution in [3.8, 4) is 0 Å². The van der Waals surface area contributed by atoms with Crippen LogP contribution in [-0.4, -0.2) is 47.4 Å². The van der Waals surface area contributed by atoms with Crippen molar-refractivity contribution in [1.29, 1.82) is 0 Å². The van der Waals surface area contributed by atoms with Crippen molar-refractivity contribution in [3.63, 3.8) is 0 Å². The van der Waals surface area contributed by atoms with Gasteiger partial charge in [0.15, 0.2) is 0 Å². The molecule has 3 amide bonds. The Bertz CT molecular complexity index is 722. The van der Waals surface area contributed by atoms with Gasteiger partial charge in [0.1, 0.15) is 0 Å². The first-order chi connectivity index (χ1) is 12.9. The van der Waals surface area contributed by atoms with Gasteiger partial charge in [-0.2, -0.15) is 0 Å². The second-order valence-electron chi connectivity index (χ2n) is 7.58. The third kappa shape index (κ3) is 4.54. The van der Waals surface area contributed by atoms with Gasteiger partial charge in [0.2, 0.25) is 5.91 Å². The van der Waals surface area contributed by atoms with Crippen molar-refractivity contribution in [2.45, 2.75) is 45.7 Å². The molecule has 4 N–H and O–H groups in total. The Labute approximate surface area is 165 Å². The zero-order valence-corrected chi connectivity index (χ0v) is 16.7. The molecular weight excluding hydrogens is 366 g/mol. The molecule has 0 aromatic heterocycles. The number of carbonyl (C=O) groups is 2. The van der Waals surface area contributed by atoms with Crippen molar-refractivity contribution >= 4 is 29.2 Å². The summed E-state index contributed by atoms with van der Waals surface area (Å²) in [5, 5.41) is 3.27. The first-order valence-electron chi connectivity index (χ1n) is 9.48. The van der Waals surface area contributed by atoms with Gasteiger partial charge < -0.3 is 10.2 Å². The monoisotopic (exact) mass is 393 g/mol. The van der Waals surface area contributed by atoms with E-state index < -0.39 is 6.03 Å². The molecule has 7 nitrogen and oxygen atoms in total. The fraction of sp³-hybridized carbons (Fsp3) is 0.579. The Morgan fingerprint density at radius 2 is 2.04 bits per heavy atom. The summed E-state index contributed by atoms with van der Waals surface area (Å²) in [6.45, 7) is 7.22. The zero-order valence-electron chi connectivity index (χ0n) is 15.9. The van der Waals surface area contributed by atoms with Gasteiger partial charge in [-0.15, -0.1) is 0 Å². The highest BCUT2D eigenvalue weighted by molar-refractivity contribution is 6.31. The summed E-state index contributed by atoms with van der Waals surface area (Å²) in [6, 6.07) is 3.36. The molecule has 1 aliphatic carbocycles. The van der Waals surface area contributed by atoms with Crippen LogP contribution >= 0.6 is 11.6 Å². The van der Waals surface area contributed by atoms with Crippen molar-refractivity contribution in [2.24, 2.45) is 11.8 Å². The lowest BCUT2D eigenvalue weighted by atomic mass is 9.84. The van der Waals surface area contributed by atoms with E-state index in [1.165, 1.54) is 6.42 Å². The average Bonchev–Trinajstić information content (AvgIpc) is 2.57. The Balaban J connectivity index is 1.65. The van der Waals surface area contributed by atoms with Gasteiger partial charge in [-0.1, -0.05) is 18.0 Å². The first-order valence-corrected chi connectivity index (χ1v) is 9.86. The van der Waals surface area contributed by atoms with Gasteiger partial charge in [-0.3, -0.25) is 15.1 Å². The molecule has 2 fully saturated rings. The van der Waals surface area contributed by atoms with Gasteiger partial charge >= 0.3 is 6.03 Å². The SMILES string of the molecule is Cc1c(CN2CCN(C(=O)C3CCC3)[C@@H](C)C2)cc(Cl)cc1NC(=O)NN. The van der Waals surface area contributed by atoms with E-state index in [-0.39, 0.29) is 12.0 Å². The van der Waals surface area contributed by atoms with E-state index in [4.69, 9.17) is 17.4 Å². The van der Waals surface area contributed by atoms with Crippen LogP contribution in [0.25, 0.3) is 0 Å². The van der Waals surface area contributed by atoms with Crippen LogP contribution in [0.4, 0.5) is 10.5 Å². The molecular formula is C19H28ClN5O2. The molecule has 1 aromatic carbocycles. The molecule has 1 aromatic rings. The number of hydrogen-bond donors (Lipinski definition) is 3. The molecule has 2 aliphatic rings. The van der Waals surface area contributed by atoms with Crippen LogP contribution in [0.15, 0.2) is 12.1 Å². The predicted octanol–water partition coefficient (Wildman–Crippen LogP) is 2.48. The van der Waals surface area contributed by atoms with E-state index in [1.807, 2.05) is 17.9 Å². The summed E-state index contributed by atoms with van der Waals surface area (Å²) < 4.78 is 0.